The maximum Gasteiger partial charge on any atom is 0.224 e. The van der Waals surface area contributed by atoms with Crippen molar-refractivity contribution in [3.8, 4) is 0 Å². The van der Waals surface area contributed by atoms with Crippen molar-refractivity contribution in [2.75, 3.05) is 37.7 Å². The smallest absolute Gasteiger partial charge is 0.224 e. The van der Waals surface area contributed by atoms with E-state index in [0.717, 1.165) is 28.1 Å². The number of hydrogen-bond acceptors (Lipinski definition) is 6. The standard InChI is InChI=1S/C15H18ClFN4OS/c1-9-7-22-3-2-21(9)14-13-12(18-15(16)19-14)10(8-23-13)4-20-5-11(17)6-20/h8-9,11H,2-7H2,1H3/t9-/m1/s1. The van der Waals surface area contributed by atoms with E-state index >= 15 is 0 Å². The van der Waals surface area contributed by atoms with Crippen LogP contribution in [-0.2, 0) is 11.3 Å². The number of hydrogen-bond donors (Lipinski definition) is 0. The number of likely N-dealkylation sites (tertiary alicyclic amines) is 1. The summed E-state index contributed by atoms with van der Waals surface area (Å²) in [6.07, 6.45) is -0.692. The fourth-order valence-corrected chi connectivity index (χ4v) is 4.32. The fourth-order valence-electron chi connectivity index (χ4n) is 3.15. The van der Waals surface area contributed by atoms with Crippen molar-refractivity contribution in [3.05, 3.63) is 16.2 Å². The summed E-state index contributed by atoms with van der Waals surface area (Å²) in [5.41, 5.74) is 1.99. The van der Waals surface area contributed by atoms with Crippen LogP contribution in [0.2, 0.25) is 5.28 Å². The Bertz CT molecular complexity index is 721. The van der Waals surface area contributed by atoms with Gasteiger partial charge in [-0.25, -0.2) is 9.37 Å². The maximum atomic E-state index is 13.0. The molecule has 0 aliphatic carbocycles. The van der Waals surface area contributed by atoms with E-state index in [1.807, 2.05) is 0 Å². The second kappa shape index (κ2) is 6.12. The predicted molar refractivity (Wildman–Crippen MR) is 90.2 cm³/mol. The van der Waals surface area contributed by atoms with Gasteiger partial charge in [-0.05, 0) is 23.9 Å². The Kier molecular flexibility index (Phi) is 4.13. The van der Waals surface area contributed by atoms with Crippen LogP contribution < -0.4 is 4.90 Å². The molecular formula is C15H18ClFN4OS. The SMILES string of the molecule is C[C@@H]1COCCN1c1nc(Cl)nc2c(CN3CC(F)C3)csc12. The molecule has 0 N–H and O–H groups in total. The molecule has 2 aromatic rings. The first-order valence-electron chi connectivity index (χ1n) is 7.76. The van der Waals surface area contributed by atoms with Crippen molar-refractivity contribution in [2.24, 2.45) is 0 Å². The summed E-state index contributed by atoms with van der Waals surface area (Å²) in [4.78, 5) is 13.2. The van der Waals surface area contributed by atoms with Crippen LogP contribution >= 0.6 is 22.9 Å². The highest BCUT2D eigenvalue weighted by atomic mass is 35.5. The lowest BCUT2D eigenvalue weighted by atomic mass is 10.1. The number of rotatable bonds is 3. The van der Waals surface area contributed by atoms with Gasteiger partial charge >= 0.3 is 0 Å². The van der Waals surface area contributed by atoms with Gasteiger partial charge in [0.1, 0.15) is 6.17 Å². The third-order valence-electron chi connectivity index (χ3n) is 4.39. The molecule has 0 spiro atoms. The monoisotopic (exact) mass is 356 g/mol. The van der Waals surface area contributed by atoms with Crippen LogP contribution in [0.15, 0.2) is 5.38 Å². The average Bonchev–Trinajstić information content (AvgIpc) is 2.88. The maximum absolute atomic E-state index is 13.0. The van der Waals surface area contributed by atoms with Crippen LogP contribution in [0.25, 0.3) is 10.2 Å². The highest BCUT2D eigenvalue weighted by Crippen LogP contribution is 2.35. The third-order valence-corrected chi connectivity index (χ3v) is 5.57. The van der Waals surface area contributed by atoms with Crippen molar-refractivity contribution < 1.29 is 9.13 Å². The molecule has 0 amide bonds. The van der Waals surface area contributed by atoms with Gasteiger partial charge in [0.15, 0.2) is 5.82 Å². The first-order valence-corrected chi connectivity index (χ1v) is 9.02. The lowest BCUT2D eigenvalue weighted by molar-refractivity contribution is 0.0595. The normalized spacial score (nSPS) is 23.4. The van der Waals surface area contributed by atoms with Gasteiger partial charge in [-0.15, -0.1) is 11.3 Å². The summed E-state index contributed by atoms with van der Waals surface area (Å²) in [5, 5.41) is 2.35. The number of ether oxygens (including phenoxy) is 1. The predicted octanol–water partition coefficient (Wildman–Crippen LogP) is 2.72. The van der Waals surface area contributed by atoms with Crippen molar-refractivity contribution in [1.29, 1.82) is 0 Å². The van der Waals surface area contributed by atoms with E-state index < -0.39 is 6.17 Å². The molecule has 4 rings (SSSR count). The molecule has 23 heavy (non-hydrogen) atoms. The van der Waals surface area contributed by atoms with E-state index in [0.29, 0.717) is 32.8 Å². The van der Waals surface area contributed by atoms with Gasteiger partial charge in [0.05, 0.1) is 29.5 Å². The molecule has 124 valence electrons. The van der Waals surface area contributed by atoms with Crippen LogP contribution in [-0.4, -0.2) is 59.9 Å². The number of thiophene rings is 1. The number of halogens is 2. The number of nitrogens with zero attached hydrogens (tertiary/aromatic N) is 4. The van der Waals surface area contributed by atoms with Gasteiger partial charge in [0.2, 0.25) is 5.28 Å². The minimum atomic E-state index is -0.692. The second-order valence-corrected chi connectivity index (χ2v) is 7.38. The molecule has 8 heteroatoms. The summed E-state index contributed by atoms with van der Waals surface area (Å²) < 4.78 is 19.6. The first-order chi connectivity index (χ1) is 11.1. The topological polar surface area (TPSA) is 41.5 Å². The zero-order valence-corrected chi connectivity index (χ0v) is 14.4. The molecular weight excluding hydrogens is 339 g/mol. The Labute approximate surface area is 143 Å². The molecule has 4 heterocycles. The zero-order valence-electron chi connectivity index (χ0n) is 12.8. The second-order valence-electron chi connectivity index (χ2n) is 6.16. The summed E-state index contributed by atoms with van der Waals surface area (Å²) in [5.74, 6) is 0.888. The van der Waals surface area contributed by atoms with Crippen LogP contribution in [0.1, 0.15) is 12.5 Å². The average molecular weight is 357 g/mol. The van der Waals surface area contributed by atoms with E-state index in [9.17, 15) is 4.39 Å². The molecule has 0 bridgehead atoms. The highest BCUT2D eigenvalue weighted by Gasteiger charge is 2.28. The zero-order chi connectivity index (χ0) is 16.0. The Morgan fingerprint density at radius 1 is 1.43 bits per heavy atom. The molecule has 0 aromatic carbocycles. The molecule has 0 radical (unpaired) electrons. The van der Waals surface area contributed by atoms with Crippen LogP contribution in [0.5, 0.6) is 0 Å². The van der Waals surface area contributed by atoms with Gasteiger partial charge < -0.3 is 9.64 Å². The van der Waals surface area contributed by atoms with Gasteiger partial charge in [-0.1, -0.05) is 0 Å². The van der Waals surface area contributed by atoms with Gasteiger partial charge in [0.25, 0.3) is 0 Å². The number of anilines is 1. The van der Waals surface area contributed by atoms with E-state index in [1.54, 1.807) is 11.3 Å². The number of aromatic nitrogens is 2. The summed E-state index contributed by atoms with van der Waals surface area (Å²) >= 11 is 7.81. The number of fused-ring (bicyclic) bond motifs is 1. The fraction of sp³-hybridized carbons (Fsp3) is 0.600. The molecule has 0 unspecified atom stereocenters. The van der Waals surface area contributed by atoms with Crippen molar-refractivity contribution in [1.82, 2.24) is 14.9 Å². The Morgan fingerprint density at radius 3 is 3.00 bits per heavy atom. The van der Waals surface area contributed by atoms with Crippen LogP contribution in [0.4, 0.5) is 10.2 Å². The summed E-state index contributed by atoms with van der Waals surface area (Å²) in [6, 6.07) is 0.256. The largest absolute Gasteiger partial charge is 0.377 e. The van der Waals surface area contributed by atoms with Crippen molar-refractivity contribution >= 4 is 39.0 Å². The van der Waals surface area contributed by atoms with E-state index in [4.69, 9.17) is 16.3 Å². The highest BCUT2D eigenvalue weighted by molar-refractivity contribution is 7.18. The van der Waals surface area contributed by atoms with E-state index in [-0.39, 0.29) is 11.3 Å². The molecule has 2 saturated heterocycles. The molecule has 2 aromatic heterocycles. The van der Waals surface area contributed by atoms with Crippen LogP contribution in [0, 0.1) is 0 Å². The van der Waals surface area contributed by atoms with Gasteiger partial charge in [-0.2, -0.15) is 4.98 Å². The molecule has 1 atom stereocenters. The summed E-state index contributed by atoms with van der Waals surface area (Å²) in [6.45, 7) is 6.02. The Balaban J connectivity index is 1.69. The molecule has 2 aliphatic rings. The van der Waals surface area contributed by atoms with Crippen molar-refractivity contribution in [3.63, 3.8) is 0 Å². The van der Waals surface area contributed by atoms with E-state index in [2.05, 4.69) is 32.1 Å². The third kappa shape index (κ3) is 2.91. The minimum absolute atomic E-state index is 0.256. The Hall–Kier alpha value is -1.02. The first kappa shape index (κ1) is 15.5. The molecule has 5 nitrogen and oxygen atoms in total. The van der Waals surface area contributed by atoms with Crippen molar-refractivity contribution in [2.45, 2.75) is 25.7 Å². The number of morpholine rings is 1. The van der Waals surface area contributed by atoms with E-state index in [1.165, 1.54) is 0 Å². The Morgan fingerprint density at radius 2 is 2.26 bits per heavy atom. The quantitative estimate of drug-likeness (QED) is 0.791. The number of alkyl halides is 1. The summed E-state index contributed by atoms with van der Waals surface area (Å²) in [7, 11) is 0. The lowest BCUT2D eigenvalue weighted by Gasteiger charge is -2.34. The van der Waals surface area contributed by atoms with Gasteiger partial charge in [0, 0.05) is 31.7 Å². The van der Waals surface area contributed by atoms with Gasteiger partial charge in [-0.3, -0.25) is 4.90 Å². The molecule has 2 aliphatic heterocycles. The van der Waals surface area contributed by atoms with Crippen LogP contribution in [0.3, 0.4) is 0 Å². The molecule has 0 saturated carbocycles. The lowest BCUT2D eigenvalue weighted by Crippen LogP contribution is -2.47. The molecule has 2 fully saturated rings. The minimum Gasteiger partial charge on any atom is -0.377 e.